The van der Waals surface area contributed by atoms with Crippen LogP contribution < -0.4 is 15.5 Å². The van der Waals surface area contributed by atoms with Gasteiger partial charge in [-0.3, -0.25) is 14.5 Å². The summed E-state index contributed by atoms with van der Waals surface area (Å²) in [7, 11) is 3.57. The minimum Gasteiger partial charge on any atom is -0.378 e. The van der Waals surface area contributed by atoms with Crippen LogP contribution in [0.25, 0.3) is 0 Å². The second-order valence-corrected chi connectivity index (χ2v) is 5.61. The van der Waals surface area contributed by atoms with E-state index in [1.807, 2.05) is 6.07 Å². The van der Waals surface area contributed by atoms with E-state index in [4.69, 9.17) is 5.73 Å². The van der Waals surface area contributed by atoms with Crippen LogP contribution in [0.3, 0.4) is 0 Å². The van der Waals surface area contributed by atoms with E-state index < -0.39 is 17.6 Å². The average molecular weight is 340 g/mol. The Morgan fingerprint density at radius 3 is 2.28 bits per heavy atom. The van der Waals surface area contributed by atoms with Gasteiger partial charge in [-0.15, -0.1) is 0 Å². The van der Waals surface area contributed by atoms with E-state index in [2.05, 4.69) is 0 Å². The monoisotopic (exact) mass is 340 g/mol. The highest BCUT2D eigenvalue weighted by Gasteiger charge is 2.21. The Labute approximate surface area is 144 Å². The summed E-state index contributed by atoms with van der Waals surface area (Å²) < 4.78 is 13.1. The summed E-state index contributed by atoms with van der Waals surface area (Å²) >= 11 is 0. The summed E-state index contributed by atoms with van der Waals surface area (Å²) in [6.45, 7) is -0.363. The van der Waals surface area contributed by atoms with Crippen LogP contribution in [0.4, 0.5) is 15.8 Å². The molecule has 6 nitrogen and oxygen atoms in total. The largest absolute Gasteiger partial charge is 0.378 e. The van der Waals surface area contributed by atoms with E-state index in [-0.39, 0.29) is 12.1 Å². The summed E-state index contributed by atoms with van der Waals surface area (Å²) in [5.74, 6) is -1.68. The Balaban J connectivity index is 2.49. The van der Waals surface area contributed by atoms with Crippen LogP contribution >= 0.6 is 0 Å². The van der Waals surface area contributed by atoms with Crippen molar-refractivity contribution in [3.63, 3.8) is 0 Å². The Morgan fingerprint density at radius 2 is 1.76 bits per heavy atom. The Hall–Kier alpha value is -3.40. The van der Waals surface area contributed by atoms with Gasteiger partial charge in [0.15, 0.2) is 0 Å². The van der Waals surface area contributed by atoms with Crippen LogP contribution in [0.15, 0.2) is 42.5 Å². The molecule has 128 valence electrons. The Bertz CT molecular complexity index is 841. The van der Waals surface area contributed by atoms with Crippen molar-refractivity contribution in [3.8, 4) is 6.07 Å². The van der Waals surface area contributed by atoms with Crippen molar-refractivity contribution < 1.29 is 14.0 Å². The van der Waals surface area contributed by atoms with Gasteiger partial charge in [-0.25, -0.2) is 4.39 Å². The summed E-state index contributed by atoms with van der Waals surface area (Å²) in [6, 6.07) is 11.8. The number of hydrogen-bond acceptors (Lipinski definition) is 4. The number of nitriles is 1. The second-order valence-electron chi connectivity index (χ2n) is 5.61. The zero-order valence-corrected chi connectivity index (χ0v) is 13.9. The number of hydrogen-bond donors (Lipinski definition) is 1. The lowest BCUT2D eigenvalue weighted by Gasteiger charge is -2.22. The molecule has 2 N–H and O–H groups in total. The first-order valence-corrected chi connectivity index (χ1v) is 7.40. The number of amides is 2. The first-order valence-electron chi connectivity index (χ1n) is 7.40. The molecule has 0 bridgehead atoms. The summed E-state index contributed by atoms with van der Waals surface area (Å²) in [5.41, 5.74) is 6.79. The molecule has 0 heterocycles. The number of anilines is 2. The minimum absolute atomic E-state index is 0.230. The van der Waals surface area contributed by atoms with Gasteiger partial charge in [-0.1, -0.05) is 0 Å². The molecule has 2 amide bonds. The van der Waals surface area contributed by atoms with Gasteiger partial charge < -0.3 is 10.6 Å². The molecule has 0 aromatic heterocycles. The summed E-state index contributed by atoms with van der Waals surface area (Å²) in [4.78, 5) is 27.2. The Kier molecular flexibility index (Phi) is 5.35. The lowest BCUT2D eigenvalue weighted by Crippen LogP contribution is -2.38. The number of primary amides is 1. The molecule has 0 saturated carbocycles. The van der Waals surface area contributed by atoms with E-state index in [9.17, 15) is 19.2 Å². The molecule has 0 aliphatic heterocycles. The number of nitrogens with zero attached hydrogens (tertiary/aromatic N) is 3. The lowest BCUT2D eigenvalue weighted by molar-refractivity contribution is -0.116. The fraction of sp³-hybridized carbons (Fsp3) is 0.167. The van der Waals surface area contributed by atoms with Crippen molar-refractivity contribution in [1.82, 2.24) is 0 Å². The van der Waals surface area contributed by atoms with Crippen LogP contribution in [0.5, 0.6) is 0 Å². The second kappa shape index (κ2) is 7.45. The van der Waals surface area contributed by atoms with Crippen LogP contribution in [0.1, 0.15) is 15.9 Å². The van der Waals surface area contributed by atoms with Gasteiger partial charge in [0.05, 0.1) is 11.6 Å². The number of carbonyl (C=O) groups is 2. The summed E-state index contributed by atoms with van der Waals surface area (Å²) in [5, 5.41) is 9.17. The maximum Gasteiger partial charge on any atom is 0.258 e. The van der Waals surface area contributed by atoms with E-state index in [0.717, 1.165) is 4.90 Å². The predicted octanol–water partition coefficient (Wildman–Crippen LogP) is 1.90. The zero-order valence-electron chi connectivity index (χ0n) is 13.9. The molecule has 0 radical (unpaired) electrons. The SMILES string of the molecule is CN(C)c1cc(C#N)cc(C(=O)N(CC(N)=O)c2ccc(F)cc2)c1. The topological polar surface area (TPSA) is 90.4 Å². The molecule has 0 unspecified atom stereocenters. The smallest absolute Gasteiger partial charge is 0.258 e. The van der Waals surface area contributed by atoms with Crippen molar-refractivity contribution in [2.75, 3.05) is 30.4 Å². The molecule has 0 spiro atoms. The molecule has 0 aliphatic rings. The average Bonchev–Trinajstić information content (AvgIpc) is 2.59. The third-order valence-electron chi connectivity index (χ3n) is 3.51. The van der Waals surface area contributed by atoms with E-state index >= 15 is 0 Å². The van der Waals surface area contributed by atoms with Gasteiger partial charge >= 0.3 is 0 Å². The molecular formula is C18H17FN4O2. The minimum atomic E-state index is -0.707. The third kappa shape index (κ3) is 4.32. The van der Waals surface area contributed by atoms with Gasteiger partial charge in [0.1, 0.15) is 12.4 Å². The number of carbonyl (C=O) groups excluding carboxylic acids is 2. The predicted molar refractivity (Wildman–Crippen MR) is 92.8 cm³/mol. The van der Waals surface area contributed by atoms with Gasteiger partial charge in [-0.2, -0.15) is 5.26 Å². The molecule has 0 fully saturated rings. The third-order valence-corrected chi connectivity index (χ3v) is 3.51. The van der Waals surface area contributed by atoms with Gasteiger partial charge in [0, 0.05) is 31.0 Å². The highest BCUT2D eigenvalue weighted by atomic mass is 19.1. The van der Waals surface area contributed by atoms with Crippen molar-refractivity contribution in [2.45, 2.75) is 0 Å². The van der Waals surface area contributed by atoms with Crippen LogP contribution in [0.2, 0.25) is 0 Å². The summed E-state index contributed by atoms with van der Waals surface area (Å²) in [6.07, 6.45) is 0. The van der Waals surface area contributed by atoms with Crippen molar-refractivity contribution in [3.05, 3.63) is 59.4 Å². The van der Waals surface area contributed by atoms with Crippen LogP contribution in [-0.2, 0) is 4.79 Å². The standard InChI is InChI=1S/C18H17FN4O2/c1-22(2)16-8-12(10-20)7-13(9-16)18(25)23(11-17(21)24)15-5-3-14(19)4-6-15/h3-9H,11H2,1-2H3,(H2,21,24). The normalized spacial score (nSPS) is 10.0. The van der Waals surface area contributed by atoms with Gasteiger partial charge in [0.25, 0.3) is 5.91 Å². The zero-order chi connectivity index (χ0) is 18.6. The molecule has 0 saturated heterocycles. The van der Waals surface area contributed by atoms with Gasteiger partial charge in [0.2, 0.25) is 5.91 Å². The number of nitrogens with two attached hydrogens (primary N) is 1. The van der Waals surface area contributed by atoms with Crippen molar-refractivity contribution in [2.24, 2.45) is 5.73 Å². The molecule has 2 aromatic rings. The molecule has 2 aromatic carbocycles. The van der Waals surface area contributed by atoms with Crippen LogP contribution in [0, 0.1) is 17.1 Å². The quantitative estimate of drug-likeness (QED) is 0.900. The van der Waals surface area contributed by atoms with E-state index in [1.165, 1.54) is 30.3 Å². The first kappa shape index (κ1) is 17.9. The molecule has 25 heavy (non-hydrogen) atoms. The maximum atomic E-state index is 13.1. The maximum absolute atomic E-state index is 13.1. The molecule has 0 atom stereocenters. The molecule has 0 aliphatic carbocycles. The van der Waals surface area contributed by atoms with Crippen LogP contribution in [-0.4, -0.2) is 32.5 Å². The highest BCUT2D eigenvalue weighted by molar-refractivity contribution is 6.09. The number of halogens is 1. The van der Waals surface area contributed by atoms with Gasteiger partial charge in [-0.05, 0) is 42.5 Å². The fourth-order valence-electron chi connectivity index (χ4n) is 2.27. The number of rotatable bonds is 5. The lowest BCUT2D eigenvalue weighted by atomic mass is 10.1. The molecule has 2 rings (SSSR count). The van der Waals surface area contributed by atoms with Crippen molar-refractivity contribution in [1.29, 1.82) is 5.26 Å². The van der Waals surface area contributed by atoms with Crippen molar-refractivity contribution >= 4 is 23.2 Å². The first-order chi connectivity index (χ1) is 11.8. The van der Waals surface area contributed by atoms with E-state index in [0.29, 0.717) is 16.9 Å². The Morgan fingerprint density at radius 1 is 1.12 bits per heavy atom. The number of benzene rings is 2. The highest BCUT2D eigenvalue weighted by Crippen LogP contribution is 2.22. The fourth-order valence-corrected chi connectivity index (χ4v) is 2.27. The molecule has 7 heteroatoms. The van der Waals surface area contributed by atoms with E-state index in [1.54, 1.807) is 31.1 Å². The molecular weight excluding hydrogens is 323 g/mol.